The van der Waals surface area contributed by atoms with E-state index in [-0.39, 0.29) is 11.7 Å². The highest BCUT2D eigenvalue weighted by molar-refractivity contribution is 7.80. The van der Waals surface area contributed by atoms with Crippen LogP contribution in [0.5, 0.6) is 5.75 Å². The number of hydrogen-bond acceptors (Lipinski definition) is 3. The lowest BCUT2D eigenvalue weighted by Crippen LogP contribution is -2.45. The molecule has 1 heterocycles. The van der Waals surface area contributed by atoms with Gasteiger partial charge in [0, 0.05) is 16.4 Å². The second-order valence-corrected chi connectivity index (χ2v) is 6.47. The Morgan fingerprint density at radius 3 is 2.64 bits per heavy atom. The van der Waals surface area contributed by atoms with E-state index < -0.39 is 6.04 Å². The highest BCUT2D eigenvalue weighted by Gasteiger charge is 2.29. The zero-order valence-electron chi connectivity index (χ0n) is 13.3. The molecule has 7 heteroatoms. The van der Waals surface area contributed by atoms with E-state index in [0.29, 0.717) is 27.1 Å². The van der Waals surface area contributed by atoms with Gasteiger partial charge in [0.1, 0.15) is 5.75 Å². The molecule has 2 aromatic rings. The summed E-state index contributed by atoms with van der Waals surface area (Å²) in [5.74, 6) is -0.105. The van der Waals surface area contributed by atoms with Crippen LogP contribution in [-0.4, -0.2) is 16.1 Å². The smallest absolute Gasteiger partial charge is 0.255 e. The predicted molar refractivity (Wildman–Crippen MR) is 102 cm³/mol. The van der Waals surface area contributed by atoms with E-state index in [9.17, 15) is 9.90 Å². The number of aromatic hydroxyl groups is 1. The Labute approximate surface area is 155 Å². The molecule has 1 aliphatic rings. The summed E-state index contributed by atoms with van der Waals surface area (Å²) in [5.41, 5.74) is 2.60. The fraction of sp³-hybridized carbons (Fsp3) is 0.111. The number of benzene rings is 2. The number of allylic oxidation sites excluding steroid dienone is 1. The number of carbonyl (C=O) groups excluding carboxylic acids is 1. The lowest BCUT2D eigenvalue weighted by molar-refractivity contribution is -0.113. The molecule has 1 amide bonds. The molecule has 1 aliphatic heterocycles. The minimum Gasteiger partial charge on any atom is -0.508 e. The Bertz CT molecular complexity index is 865. The van der Waals surface area contributed by atoms with E-state index in [2.05, 4.69) is 16.0 Å². The van der Waals surface area contributed by atoms with Crippen molar-refractivity contribution >= 4 is 40.5 Å². The Balaban J connectivity index is 1.94. The van der Waals surface area contributed by atoms with Crippen molar-refractivity contribution < 1.29 is 9.90 Å². The minimum absolute atomic E-state index is 0.158. The molecule has 0 saturated carbocycles. The van der Waals surface area contributed by atoms with Crippen molar-refractivity contribution in [2.45, 2.75) is 13.0 Å². The first-order valence-electron chi connectivity index (χ1n) is 7.58. The first-order valence-corrected chi connectivity index (χ1v) is 8.37. The average molecular weight is 374 g/mol. The number of nitrogens with one attached hydrogen (secondary N) is 3. The molecule has 3 rings (SSSR count). The quantitative estimate of drug-likeness (QED) is 0.620. The van der Waals surface area contributed by atoms with Gasteiger partial charge in [0.2, 0.25) is 0 Å². The molecule has 0 saturated heterocycles. The number of carbonyl (C=O) groups is 1. The summed E-state index contributed by atoms with van der Waals surface area (Å²) >= 11 is 11.2. The van der Waals surface area contributed by atoms with E-state index in [4.69, 9.17) is 23.8 Å². The number of phenols is 1. The topological polar surface area (TPSA) is 73.4 Å². The number of anilines is 1. The van der Waals surface area contributed by atoms with Gasteiger partial charge in [-0.05, 0) is 55.0 Å². The Morgan fingerprint density at radius 2 is 1.96 bits per heavy atom. The van der Waals surface area contributed by atoms with E-state index in [1.165, 1.54) is 0 Å². The SMILES string of the molecule is CC1=C(C(=O)Nc2cccc(Cl)c2)C(c2ccc(O)cc2)NC(=S)N1. The monoisotopic (exact) mass is 373 g/mol. The Hall–Kier alpha value is -2.57. The summed E-state index contributed by atoms with van der Waals surface area (Å²) in [4.78, 5) is 12.9. The standard InChI is InChI=1S/C18H16ClN3O2S/c1-10-15(17(24)21-13-4-2-3-12(19)9-13)16(22-18(25)20-10)11-5-7-14(23)8-6-11/h2-9,16,23H,1H3,(H,21,24)(H2,20,22,25). The van der Waals surface area contributed by atoms with Gasteiger partial charge >= 0.3 is 0 Å². The molecule has 0 bridgehead atoms. The van der Waals surface area contributed by atoms with E-state index >= 15 is 0 Å². The summed E-state index contributed by atoms with van der Waals surface area (Å²) in [6.07, 6.45) is 0. The van der Waals surface area contributed by atoms with Crippen LogP contribution in [0.3, 0.4) is 0 Å². The molecule has 1 unspecified atom stereocenters. The number of hydrogen-bond donors (Lipinski definition) is 4. The average Bonchev–Trinajstić information content (AvgIpc) is 2.54. The molecule has 0 fully saturated rings. The maximum atomic E-state index is 12.9. The molecule has 1 atom stereocenters. The summed E-state index contributed by atoms with van der Waals surface area (Å²) in [7, 11) is 0. The van der Waals surface area contributed by atoms with Crippen molar-refractivity contribution in [2.75, 3.05) is 5.32 Å². The highest BCUT2D eigenvalue weighted by Crippen LogP contribution is 2.29. The molecule has 128 valence electrons. The van der Waals surface area contributed by atoms with Gasteiger partial charge in [-0.2, -0.15) is 0 Å². The van der Waals surface area contributed by atoms with E-state index in [1.54, 1.807) is 55.5 Å². The third-order valence-corrected chi connectivity index (χ3v) is 4.28. The maximum absolute atomic E-state index is 12.9. The Kier molecular flexibility index (Phi) is 4.92. The van der Waals surface area contributed by atoms with Crippen molar-refractivity contribution in [1.82, 2.24) is 10.6 Å². The fourth-order valence-corrected chi connectivity index (χ4v) is 3.14. The molecule has 0 aromatic heterocycles. The largest absolute Gasteiger partial charge is 0.508 e. The summed E-state index contributed by atoms with van der Waals surface area (Å²) in [6, 6.07) is 13.2. The van der Waals surface area contributed by atoms with Crippen molar-refractivity contribution in [3.05, 3.63) is 70.4 Å². The van der Waals surface area contributed by atoms with E-state index in [1.807, 2.05) is 0 Å². The molecule has 0 spiro atoms. The van der Waals surface area contributed by atoms with Gasteiger partial charge in [0.05, 0.1) is 11.6 Å². The lowest BCUT2D eigenvalue weighted by atomic mass is 9.95. The molecule has 5 nitrogen and oxygen atoms in total. The predicted octanol–water partition coefficient (Wildman–Crippen LogP) is 3.48. The summed E-state index contributed by atoms with van der Waals surface area (Å²) in [5, 5.41) is 19.4. The second-order valence-electron chi connectivity index (χ2n) is 5.63. The second kappa shape index (κ2) is 7.13. The van der Waals surface area contributed by atoms with Gasteiger partial charge in [-0.3, -0.25) is 4.79 Å². The van der Waals surface area contributed by atoms with Crippen LogP contribution in [0.1, 0.15) is 18.5 Å². The molecule has 0 aliphatic carbocycles. The number of thiocarbonyl (C=S) groups is 1. The third kappa shape index (κ3) is 3.92. The molecule has 0 radical (unpaired) electrons. The normalized spacial score (nSPS) is 16.9. The molecule has 2 aromatic carbocycles. The summed E-state index contributed by atoms with van der Waals surface area (Å²) < 4.78 is 0. The lowest BCUT2D eigenvalue weighted by Gasteiger charge is -2.30. The zero-order chi connectivity index (χ0) is 18.0. The van der Waals surface area contributed by atoms with Crippen LogP contribution in [0.15, 0.2) is 59.8 Å². The number of halogens is 1. The zero-order valence-corrected chi connectivity index (χ0v) is 14.9. The molecular weight excluding hydrogens is 358 g/mol. The van der Waals surface area contributed by atoms with Crippen LogP contribution in [0.25, 0.3) is 0 Å². The minimum atomic E-state index is -0.423. The van der Waals surface area contributed by atoms with Crippen LogP contribution in [0.2, 0.25) is 5.02 Å². The number of rotatable bonds is 3. The number of amides is 1. The van der Waals surface area contributed by atoms with Crippen LogP contribution >= 0.6 is 23.8 Å². The first-order chi connectivity index (χ1) is 11.9. The van der Waals surface area contributed by atoms with Crippen LogP contribution in [0.4, 0.5) is 5.69 Å². The van der Waals surface area contributed by atoms with Gasteiger partial charge in [-0.25, -0.2) is 0 Å². The molecule has 25 heavy (non-hydrogen) atoms. The fourth-order valence-electron chi connectivity index (χ4n) is 2.68. The van der Waals surface area contributed by atoms with Crippen LogP contribution in [0, 0.1) is 0 Å². The number of phenolic OH excluding ortho intramolecular Hbond substituents is 1. The van der Waals surface area contributed by atoms with Crippen LogP contribution < -0.4 is 16.0 Å². The van der Waals surface area contributed by atoms with Gasteiger partial charge < -0.3 is 21.1 Å². The van der Waals surface area contributed by atoms with Crippen molar-refractivity contribution in [2.24, 2.45) is 0 Å². The maximum Gasteiger partial charge on any atom is 0.255 e. The van der Waals surface area contributed by atoms with Gasteiger partial charge in [0.25, 0.3) is 5.91 Å². The molecule has 4 N–H and O–H groups in total. The van der Waals surface area contributed by atoms with Gasteiger partial charge in [-0.1, -0.05) is 29.8 Å². The molecular formula is C18H16ClN3O2S. The van der Waals surface area contributed by atoms with E-state index in [0.717, 1.165) is 5.56 Å². The van der Waals surface area contributed by atoms with Gasteiger partial charge in [-0.15, -0.1) is 0 Å². The van der Waals surface area contributed by atoms with Crippen molar-refractivity contribution in [1.29, 1.82) is 0 Å². The van der Waals surface area contributed by atoms with Crippen LogP contribution in [-0.2, 0) is 4.79 Å². The van der Waals surface area contributed by atoms with Crippen molar-refractivity contribution in [3.8, 4) is 5.75 Å². The highest BCUT2D eigenvalue weighted by atomic mass is 35.5. The Morgan fingerprint density at radius 1 is 1.24 bits per heavy atom. The third-order valence-electron chi connectivity index (χ3n) is 3.82. The van der Waals surface area contributed by atoms with Crippen molar-refractivity contribution in [3.63, 3.8) is 0 Å². The first kappa shape index (κ1) is 17.3. The van der Waals surface area contributed by atoms with Gasteiger partial charge in [0.15, 0.2) is 5.11 Å². The summed E-state index contributed by atoms with van der Waals surface area (Å²) in [6.45, 7) is 1.80.